The monoisotopic (exact) mass is 580 g/mol. The number of piperidine rings is 1. The molecule has 7 heteroatoms. The van der Waals surface area contributed by atoms with E-state index in [4.69, 9.17) is 0 Å². The number of hydrogen-bond acceptors (Lipinski definition) is 4. The maximum Gasteiger partial charge on any atom is 0.320 e. The highest BCUT2D eigenvalue weighted by Gasteiger charge is 2.57. The molecule has 5 rings (SSSR count). The van der Waals surface area contributed by atoms with Crippen molar-refractivity contribution in [2.24, 2.45) is 5.92 Å². The summed E-state index contributed by atoms with van der Waals surface area (Å²) in [6.45, 7) is 7.26. The number of carbonyl (C=O) groups excluding carboxylic acids is 3. The highest BCUT2D eigenvalue weighted by atomic mass is 16.2. The third kappa shape index (κ3) is 5.83. The van der Waals surface area contributed by atoms with Gasteiger partial charge in [-0.25, -0.2) is 4.79 Å². The quantitative estimate of drug-likeness (QED) is 0.256. The number of rotatable bonds is 9. The standard InChI is InChI=1S/C36H44N4O3/c1-26(2)33(27(3)41)38(5)35(43)37(4)31-22-15-23-39(24-31)34(42)32-25-40(32)36(28-16-9-6-10-17-28,29-18-11-7-12-19-29)30-20-13-8-14-21-30/h6-14,16-21,26,31-33H,15,22-25H2,1-5H3/t31-,32+,33-,40?/m0/s1. The van der Waals surface area contributed by atoms with Crippen LogP contribution >= 0.6 is 0 Å². The summed E-state index contributed by atoms with van der Waals surface area (Å²) >= 11 is 0. The normalized spacial score (nSPS) is 20.8. The van der Waals surface area contributed by atoms with Crippen LogP contribution in [0, 0.1) is 5.92 Å². The molecule has 3 aromatic rings. The van der Waals surface area contributed by atoms with Crippen molar-refractivity contribution in [1.82, 2.24) is 19.6 Å². The average molecular weight is 581 g/mol. The Hall–Kier alpha value is -3.97. The highest BCUT2D eigenvalue weighted by Crippen LogP contribution is 2.48. The zero-order valence-electron chi connectivity index (χ0n) is 26.0. The molecule has 0 aromatic heterocycles. The molecule has 0 saturated carbocycles. The number of amides is 3. The second-order valence-corrected chi connectivity index (χ2v) is 12.4. The van der Waals surface area contributed by atoms with Crippen molar-refractivity contribution in [3.63, 3.8) is 0 Å². The summed E-state index contributed by atoms with van der Waals surface area (Å²) in [5.41, 5.74) is 2.75. The van der Waals surface area contributed by atoms with Gasteiger partial charge in [-0.3, -0.25) is 14.5 Å². The summed E-state index contributed by atoms with van der Waals surface area (Å²) in [7, 11) is 3.50. The average Bonchev–Trinajstić information content (AvgIpc) is 3.83. The first kappa shape index (κ1) is 30.5. The van der Waals surface area contributed by atoms with Crippen molar-refractivity contribution in [2.45, 2.75) is 57.3 Å². The molecule has 4 atom stereocenters. The largest absolute Gasteiger partial charge is 0.339 e. The number of likely N-dealkylation sites (N-methyl/N-ethyl adjacent to an activating group) is 2. The number of Topliss-reactive ketones (excluding diaryl/α,β-unsaturated/α-hetero) is 1. The molecule has 1 unspecified atom stereocenters. The third-order valence-electron chi connectivity index (χ3n) is 9.23. The van der Waals surface area contributed by atoms with Crippen molar-refractivity contribution < 1.29 is 14.4 Å². The second-order valence-electron chi connectivity index (χ2n) is 12.4. The molecule has 0 spiro atoms. The van der Waals surface area contributed by atoms with Crippen molar-refractivity contribution >= 4 is 17.7 Å². The molecule has 2 saturated heterocycles. The van der Waals surface area contributed by atoms with Gasteiger partial charge in [0.25, 0.3) is 0 Å². The Bertz CT molecular complexity index is 1320. The predicted molar refractivity (Wildman–Crippen MR) is 170 cm³/mol. The summed E-state index contributed by atoms with van der Waals surface area (Å²) < 4.78 is 0. The Labute approximate surface area is 256 Å². The summed E-state index contributed by atoms with van der Waals surface area (Å²) in [4.78, 5) is 47.5. The Morgan fingerprint density at radius 2 is 1.28 bits per heavy atom. The van der Waals surface area contributed by atoms with Gasteiger partial charge < -0.3 is 14.7 Å². The van der Waals surface area contributed by atoms with Gasteiger partial charge in [0.2, 0.25) is 5.91 Å². The van der Waals surface area contributed by atoms with E-state index in [9.17, 15) is 14.4 Å². The Morgan fingerprint density at radius 3 is 1.72 bits per heavy atom. The van der Waals surface area contributed by atoms with Crippen LogP contribution in [-0.4, -0.2) is 89.2 Å². The zero-order chi connectivity index (χ0) is 30.7. The summed E-state index contributed by atoms with van der Waals surface area (Å²) in [6.07, 6.45) is 1.65. The summed E-state index contributed by atoms with van der Waals surface area (Å²) in [5, 5.41) is 0. The van der Waals surface area contributed by atoms with Gasteiger partial charge >= 0.3 is 6.03 Å². The molecule has 0 bridgehead atoms. The predicted octanol–water partition coefficient (Wildman–Crippen LogP) is 5.25. The second kappa shape index (κ2) is 12.7. The van der Waals surface area contributed by atoms with E-state index < -0.39 is 11.6 Å². The molecule has 3 amide bonds. The molecule has 226 valence electrons. The molecule has 2 aliphatic rings. The van der Waals surface area contributed by atoms with Crippen LogP contribution in [-0.2, 0) is 15.1 Å². The fourth-order valence-corrected chi connectivity index (χ4v) is 7.15. The summed E-state index contributed by atoms with van der Waals surface area (Å²) in [6, 6.07) is 30.3. The molecule has 43 heavy (non-hydrogen) atoms. The van der Waals surface area contributed by atoms with Crippen LogP contribution in [0.3, 0.4) is 0 Å². The Morgan fingerprint density at radius 1 is 0.791 bits per heavy atom. The number of benzene rings is 3. The minimum atomic E-state index is -0.618. The lowest BCUT2D eigenvalue weighted by molar-refractivity contribution is -0.133. The first-order valence-electron chi connectivity index (χ1n) is 15.4. The van der Waals surface area contributed by atoms with E-state index in [-0.39, 0.29) is 35.7 Å². The van der Waals surface area contributed by atoms with E-state index >= 15 is 0 Å². The molecular weight excluding hydrogens is 536 g/mol. The van der Waals surface area contributed by atoms with Gasteiger partial charge in [0.05, 0.1) is 17.6 Å². The van der Waals surface area contributed by atoms with Crippen molar-refractivity contribution in [1.29, 1.82) is 0 Å². The van der Waals surface area contributed by atoms with Crippen LogP contribution in [0.4, 0.5) is 4.79 Å². The van der Waals surface area contributed by atoms with Gasteiger partial charge in [-0.2, -0.15) is 0 Å². The minimum absolute atomic E-state index is 0.0178. The van der Waals surface area contributed by atoms with Gasteiger partial charge in [-0.1, -0.05) is 105 Å². The molecule has 0 aliphatic carbocycles. The minimum Gasteiger partial charge on any atom is -0.339 e. The number of nitrogens with zero attached hydrogens (tertiary/aromatic N) is 4. The molecule has 3 aromatic carbocycles. The Balaban J connectivity index is 1.40. The van der Waals surface area contributed by atoms with E-state index in [1.807, 2.05) is 36.9 Å². The van der Waals surface area contributed by atoms with Gasteiger partial charge in [0.15, 0.2) is 5.78 Å². The third-order valence-corrected chi connectivity index (χ3v) is 9.23. The fourth-order valence-electron chi connectivity index (χ4n) is 7.15. The van der Waals surface area contributed by atoms with E-state index in [1.54, 1.807) is 23.9 Å². The number of carbonyl (C=O) groups is 3. The molecular formula is C36H44N4O3. The number of urea groups is 1. The van der Waals surface area contributed by atoms with Crippen LogP contribution in [0.1, 0.15) is 50.3 Å². The number of ketones is 1. The molecule has 2 aliphatic heterocycles. The lowest BCUT2D eigenvalue weighted by Crippen LogP contribution is -2.56. The van der Waals surface area contributed by atoms with Crippen LogP contribution in [0.2, 0.25) is 0 Å². The Kier molecular flexibility index (Phi) is 9.02. The molecule has 7 nitrogen and oxygen atoms in total. The molecule has 2 heterocycles. The number of likely N-dealkylation sites (tertiary alicyclic amines) is 1. The van der Waals surface area contributed by atoms with Crippen LogP contribution in [0.5, 0.6) is 0 Å². The first-order chi connectivity index (χ1) is 20.7. The van der Waals surface area contributed by atoms with Crippen molar-refractivity contribution in [2.75, 3.05) is 33.7 Å². The summed E-state index contributed by atoms with van der Waals surface area (Å²) in [5.74, 6) is 0.103. The maximum absolute atomic E-state index is 14.2. The van der Waals surface area contributed by atoms with Crippen LogP contribution in [0.15, 0.2) is 91.0 Å². The van der Waals surface area contributed by atoms with Gasteiger partial charge in [0.1, 0.15) is 6.04 Å². The molecule has 2 fully saturated rings. The van der Waals surface area contributed by atoms with E-state index in [0.29, 0.717) is 19.6 Å². The van der Waals surface area contributed by atoms with E-state index in [0.717, 1.165) is 29.5 Å². The number of hydrogen-bond donors (Lipinski definition) is 0. The lowest BCUT2D eigenvalue weighted by atomic mass is 9.76. The van der Waals surface area contributed by atoms with Crippen molar-refractivity contribution in [3.05, 3.63) is 108 Å². The smallest absolute Gasteiger partial charge is 0.320 e. The topological polar surface area (TPSA) is 63.9 Å². The first-order valence-corrected chi connectivity index (χ1v) is 15.4. The SMILES string of the molecule is CC(=O)[C@H](C(C)C)N(C)C(=O)N(C)[C@H]1CCCN(C(=O)[C@H]2CN2C(c2ccccc2)(c2ccccc2)c2ccccc2)C1. The molecule has 0 radical (unpaired) electrons. The fraction of sp³-hybridized carbons (Fsp3) is 0.417. The highest BCUT2D eigenvalue weighted by molar-refractivity contribution is 5.87. The van der Waals surface area contributed by atoms with Crippen molar-refractivity contribution in [3.8, 4) is 0 Å². The van der Waals surface area contributed by atoms with Gasteiger partial charge in [0, 0.05) is 33.7 Å². The van der Waals surface area contributed by atoms with Crippen LogP contribution < -0.4 is 0 Å². The lowest BCUT2D eigenvalue weighted by Gasteiger charge is -2.41. The molecule has 0 N–H and O–H groups in total. The zero-order valence-corrected chi connectivity index (χ0v) is 26.0. The van der Waals surface area contributed by atoms with E-state index in [2.05, 4.69) is 77.7 Å². The van der Waals surface area contributed by atoms with Gasteiger partial charge in [-0.05, 0) is 42.4 Å². The van der Waals surface area contributed by atoms with Gasteiger partial charge in [-0.15, -0.1) is 0 Å². The van der Waals surface area contributed by atoms with E-state index in [1.165, 1.54) is 6.92 Å². The maximum atomic E-state index is 14.2. The van der Waals surface area contributed by atoms with Crippen LogP contribution in [0.25, 0.3) is 0 Å².